The van der Waals surface area contributed by atoms with Gasteiger partial charge in [0.15, 0.2) is 0 Å². The molecule has 15 heavy (non-hydrogen) atoms. The maximum atomic E-state index is 11.4. The van der Waals surface area contributed by atoms with E-state index in [4.69, 9.17) is 9.47 Å². The molecule has 3 heteroatoms. The van der Waals surface area contributed by atoms with Gasteiger partial charge in [0.2, 0.25) is 0 Å². The Morgan fingerprint density at radius 1 is 1.27 bits per heavy atom. The summed E-state index contributed by atoms with van der Waals surface area (Å²) in [7, 11) is 0. The van der Waals surface area contributed by atoms with E-state index in [1.807, 2.05) is 34.6 Å². The SMILES string of the molecule is CCOC(=O)C(C)CCC(C)(C)OCC. The maximum Gasteiger partial charge on any atom is 0.308 e. The molecule has 0 aromatic rings. The largest absolute Gasteiger partial charge is 0.466 e. The molecule has 0 amide bonds. The zero-order valence-corrected chi connectivity index (χ0v) is 10.6. The fourth-order valence-corrected chi connectivity index (χ4v) is 1.43. The summed E-state index contributed by atoms with van der Waals surface area (Å²) in [6.07, 6.45) is 1.69. The Bertz CT molecular complexity index is 187. The molecule has 0 bridgehead atoms. The summed E-state index contributed by atoms with van der Waals surface area (Å²) in [5, 5.41) is 0. The molecule has 0 heterocycles. The van der Waals surface area contributed by atoms with Gasteiger partial charge in [-0.05, 0) is 40.5 Å². The molecule has 0 N–H and O–H groups in total. The molecular weight excluding hydrogens is 192 g/mol. The van der Waals surface area contributed by atoms with Crippen molar-refractivity contribution in [2.24, 2.45) is 5.92 Å². The van der Waals surface area contributed by atoms with E-state index < -0.39 is 0 Å². The quantitative estimate of drug-likeness (QED) is 0.614. The van der Waals surface area contributed by atoms with Crippen molar-refractivity contribution in [1.29, 1.82) is 0 Å². The molecule has 0 saturated carbocycles. The van der Waals surface area contributed by atoms with Crippen molar-refractivity contribution in [2.75, 3.05) is 13.2 Å². The maximum absolute atomic E-state index is 11.4. The van der Waals surface area contributed by atoms with Crippen LogP contribution >= 0.6 is 0 Å². The van der Waals surface area contributed by atoms with Crippen molar-refractivity contribution in [3.05, 3.63) is 0 Å². The van der Waals surface area contributed by atoms with Crippen molar-refractivity contribution in [2.45, 2.75) is 53.1 Å². The van der Waals surface area contributed by atoms with Gasteiger partial charge in [-0.25, -0.2) is 0 Å². The minimum Gasteiger partial charge on any atom is -0.466 e. The Labute approximate surface area is 93.1 Å². The smallest absolute Gasteiger partial charge is 0.308 e. The molecule has 0 aliphatic heterocycles. The normalized spacial score (nSPS) is 13.7. The lowest BCUT2D eigenvalue weighted by Gasteiger charge is -2.25. The van der Waals surface area contributed by atoms with E-state index in [1.165, 1.54) is 0 Å². The first-order valence-corrected chi connectivity index (χ1v) is 5.73. The van der Waals surface area contributed by atoms with Crippen LogP contribution in [0, 0.1) is 5.92 Å². The molecule has 0 aliphatic rings. The number of rotatable bonds is 7. The summed E-state index contributed by atoms with van der Waals surface area (Å²) in [6.45, 7) is 11.0. The fraction of sp³-hybridized carbons (Fsp3) is 0.917. The van der Waals surface area contributed by atoms with Crippen LogP contribution in [0.1, 0.15) is 47.5 Å². The summed E-state index contributed by atoms with van der Waals surface area (Å²) < 4.78 is 10.5. The lowest BCUT2D eigenvalue weighted by molar-refractivity contribution is -0.148. The van der Waals surface area contributed by atoms with E-state index in [0.29, 0.717) is 13.2 Å². The number of hydrogen-bond donors (Lipinski definition) is 0. The van der Waals surface area contributed by atoms with Crippen LogP contribution in [0.2, 0.25) is 0 Å². The van der Waals surface area contributed by atoms with E-state index in [-0.39, 0.29) is 17.5 Å². The van der Waals surface area contributed by atoms with Gasteiger partial charge in [-0.2, -0.15) is 0 Å². The second-order valence-electron chi connectivity index (χ2n) is 4.38. The Kier molecular flexibility index (Phi) is 6.57. The summed E-state index contributed by atoms with van der Waals surface area (Å²) in [5.41, 5.74) is -0.143. The van der Waals surface area contributed by atoms with Gasteiger partial charge in [0.25, 0.3) is 0 Å². The average molecular weight is 216 g/mol. The molecule has 0 radical (unpaired) electrons. The summed E-state index contributed by atoms with van der Waals surface area (Å²) in [4.78, 5) is 11.4. The van der Waals surface area contributed by atoms with E-state index >= 15 is 0 Å². The van der Waals surface area contributed by atoms with Gasteiger partial charge in [0.05, 0.1) is 18.1 Å². The van der Waals surface area contributed by atoms with E-state index in [1.54, 1.807) is 0 Å². The summed E-state index contributed by atoms with van der Waals surface area (Å²) >= 11 is 0. The molecule has 0 aliphatic carbocycles. The molecule has 0 aromatic carbocycles. The number of esters is 1. The van der Waals surface area contributed by atoms with Gasteiger partial charge in [0.1, 0.15) is 0 Å². The first kappa shape index (κ1) is 14.4. The molecule has 0 saturated heterocycles. The van der Waals surface area contributed by atoms with E-state index in [9.17, 15) is 4.79 Å². The third-order valence-electron chi connectivity index (χ3n) is 2.40. The number of ether oxygens (including phenoxy) is 2. The van der Waals surface area contributed by atoms with Crippen molar-refractivity contribution in [1.82, 2.24) is 0 Å². The van der Waals surface area contributed by atoms with Gasteiger partial charge >= 0.3 is 5.97 Å². The van der Waals surface area contributed by atoms with Crippen LogP contribution in [-0.4, -0.2) is 24.8 Å². The van der Waals surface area contributed by atoms with Crippen molar-refractivity contribution in [3.63, 3.8) is 0 Å². The minimum atomic E-state index is -0.143. The van der Waals surface area contributed by atoms with Crippen LogP contribution in [0.3, 0.4) is 0 Å². The van der Waals surface area contributed by atoms with Crippen LogP contribution in [-0.2, 0) is 14.3 Å². The van der Waals surface area contributed by atoms with Gasteiger partial charge < -0.3 is 9.47 Å². The van der Waals surface area contributed by atoms with Crippen LogP contribution in [0.15, 0.2) is 0 Å². The van der Waals surface area contributed by atoms with Crippen LogP contribution in [0.5, 0.6) is 0 Å². The Hall–Kier alpha value is -0.570. The Morgan fingerprint density at radius 2 is 1.87 bits per heavy atom. The highest BCUT2D eigenvalue weighted by Gasteiger charge is 2.21. The van der Waals surface area contributed by atoms with Gasteiger partial charge in [0, 0.05) is 6.61 Å². The number of hydrogen-bond acceptors (Lipinski definition) is 3. The van der Waals surface area contributed by atoms with Crippen LogP contribution in [0.25, 0.3) is 0 Å². The van der Waals surface area contributed by atoms with Crippen molar-refractivity contribution < 1.29 is 14.3 Å². The summed E-state index contributed by atoms with van der Waals surface area (Å²) in [6, 6.07) is 0. The monoisotopic (exact) mass is 216 g/mol. The molecule has 0 spiro atoms. The molecule has 0 fully saturated rings. The van der Waals surface area contributed by atoms with Crippen molar-refractivity contribution in [3.8, 4) is 0 Å². The predicted octanol–water partition coefficient (Wildman–Crippen LogP) is 2.78. The van der Waals surface area contributed by atoms with E-state index in [0.717, 1.165) is 12.8 Å². The Morgan fingerprint density at radius 3 is 2.33 bits per heavy atom. The molecular formula is C12H24O3. The fourth-order valence-electron chi connectivity index (χ4n) is 1.43. The zero-order chi connectivity index (χ0) is 11.9. The van der Waals surface area contributed by atoms with Gasteiger partial charge in [-0.15, -0.1) is 0 Å². The highest BCUT2D eigenvalue weighted by atomic mass is 16.5. The third kappa shape index (κ3) is 6.50. The molecule has 3 nitrogen and oxygen atoms in total. The minimum absolute atomic E-state index is 0.0373. The molecule has 0 aromatic heterocycles. The number of carbonyl (C=O) groups is 1. The average Bonchev–Trinajstić information content (AvgIpc) is 2.14. The first-order valence-electron chi connectivity index (χ1n) is 5.73. The highest BCUT2D eigenvalue weighted by Crippen LogP contribution is 2.20. The summed E-state index contributed by atoms with van der Waals surface area (Å²) in [5.74, 6) is -0.144. The lowest BCUT2D eigenvalue weighted by atomic mass is 9.96. The lowest BCUT2D eigenvalue weighted by Crippen LogP contribution is -2.26. The van der Waals surface area contributed by atoms with Gasteiger partial charge in [-0.3, -0.25) is 4.79 Å². The van der Waals surface area contributed by atoms with E-state index in [2.05, 4.69) is 0 Å². The number of carbonyl (C=O) groups excluding carboxylic acids is 1. The van der Waals surface area contributed by atoms with Crippen LogP contribution in [0.4, 0.5) is 0 Å². The molecule has 1 atom stereocenters. The van der Waals surface area contributed by atoms with Crippen molar-refractivity contribution >= 4 is 5.97 Å². The molecule has 0 rings (SSSR count). The van der Waals surface area contributed by atoms with Gasteiger partial charge in [-0.1, -0.05) is 6.92 Å². The predicted molar refractivity (Wildman–Crippen MR) is 60.7 cm³/mol. The molecule has 1 unspecified atom stereocenters. The highest BCUT2D eigenvalue weighted by molar-refractivity contribution is 5.71. The molecule has 90 valence electrons. The topological polar surface area (TPSA) is 35.5 Å². The first-order chi connectivity index (χ1) is 6.93. The zero-order valence-electron chi connectivity index (χ0n) is 10.6. The third-order valence-corrected chi connectivity index (χ3v) is 2.40. The second-order valence-corrected chi connectivity index (χ2v) is 4.38. The van der Waals surface area contributed by atoms with Crippen LogP contribution < -0.4 is 0 Å². The second kappa shape index (κ2) is 6.83. The Balaban J connectivity index is 3.88. The standard InChI is InChI=1S/C12H24O3/c1-6-14-11(13)10(3)8-9-12(4,5)15-7-2/h10H,6-9H2,1-5H3.